The molecular formula is C30H34ClN3O7S. The second kappa shape index (κ2) is 15.3. The molecule has 3 aromatic rings. The Morgan fingerprint density at radius 2 is 1.64 bits per heavy atom. The Balaban J connectivity index is 1.63. The smallest absolute Gasteiger partial charge is 0.354 e. The van der Waals surface area contributed by atoms with Gasteiger partial charge in [-0.3, -0.25) is 9.59 Å². The molecular weight excluding hydrogens is 582 g/mol. The van der Waals surface area contributed by atoms with Crippen molar-refractivity contribution >= 4 is 39.4 Å². The molecule has 0 bridgehead atoms. The molecule has 0 aliphatic carbocycles. The maximum absolute atomic E-state index is 13.0. The van der Waals surface area contributed by atoms with Gasteiger partial charge in [0.15, 0.2) is 0 Å². The zero-order valence-electron chi connectivity index (χ0n) is 23.5. The normalized spacial score (nSPS) is 11.1. The van der Waals surface area contributed by atoms with Gasteiger partial charge in [0.05, 0.1) is 28.2 Å². The quantitative estimate of drug-likeness (QED) is 0.201. The van der Waals surface area contributed by atoms with Gasteiger partial charge in [-0.25, -0.2) is 22.9 Å². The minimum absolute atomic E-state index is 0.0163. The van der Waals surface area contributed by atoms with Crippen molar-refractivity contribution in [3.63, 3.8) is 0 Å². The molecule has 12 heteroatoms. The van der Waals surface area contributed by atoms with Gasteiger partial charge >= 0.3 is 5.97 Å². The van der Waals surface area contributed by atoms with Crippen molar-refractivity contribution in [2.24, 2.45) is 0 Å². The number of benzene rings is 2. The molecule has 0 fully saturated rings. The van der Waals surface area contributed by atoms with E-state index in [1.165, 1.54) is 25.3 Å². The van der Waals surface area contributed by atoms with E-state index in [0.717, 1.165) is 43.9 Å². The number of unbranched alkanes of at least 4 members (excludes halogenated alkanes) is 4. The maximum Gasteiger partial charge on any atom is 0.354 e. The third kappa shape index (κ3) is 9.02. The first kappa shape index (κ1) is 32.6. The van der Waals surface area contributed by atoms with E-state index in [1.807, 2.05) is 0 Å². The standard InChI is InChI=1S/C30H34ClN3O7S/c1-3-4-5-6-7-8-21-17-27(30(37)38)33-19-25(21)29(36)34-42(39,40)23-12-9-20(10-13-23)15-16-32-28(35)24-18-22(41-2)11-14-26(24)31/h9-14,17-19H,3-8,15-16H2,1-2H3,(H,32,35)(H,34,36)(H,37,38). The fourth-order valence-corrected chi connectivity index (χ4v) is 5.41. The number of aromatic nitrogens is 1. The second-order valence-electron chi connectivity index (χ2n) is 9.63. The predicted molar refractivity (Wildman–Crippen MR) is 159 cm³/mol. The summed E-state index contributed by atoms with van der Waals surface area (Å²) >= 11 is 6.12. The SMILES string of the molecule is CCCCCCCc1cc(C(=O)O)ncc1C(=O)NS(=O)(=O)c1ccc(CCNC(=O)c2cc(OC)ccc2Cl)cc1. The Kier molecular flexibility index (Phi) is 11.9. The van der Waals surface area contributed by atoms with Gasteiger partial charge in [-0.05, 0) is 66.8 Å². The van der Waals surface area contributed by atoms with E-state index in [4.69, 9.17) is 16.3 Å². The van der Waals surface area contributed by atoms with Gasteiger partial charge in [0.25, 0.3) is 21.8 Å². The fourth-order valence-electron chi connectivity index (χ4n) is 4.24. The van der Waals surface area contributed by atoms with Crippen molar-refractivity contribution in [2.75, 3.05) is 13.7 Å². The zero-order valence-corrected chi connectivity index (χ0v) is 25.1. The number of pyridine rings is 1. The van der Waals surface area contributed by atoms with E-state index in [2.05, 4.69) is 21.9 Å². The number of sulfonamides is 1. The van der Waals surface area contributed by atoms with Gasteiger partial charge in [0.1, 0.15) is 11.4 Å². The van der Waals surface area contributed by atoms with Gasteiger partial charge in [-0.1, -0.05) is 56.3 Å². The number of amides is 2. The lowest BCUT2D eigenvalue weighted by atomic mass is 10.0. The van der Waals surface area contributed by atoms with Crippen molar-refractivity contribution in [1.29, 1.82) is 0 Å². The van der Waals surface area contributed by atoms with E-state index < -0.39 is 21.9 Å². The highest BCUT2D eigenvalue weighted by Gasteiger charge is 2.22. The summed E-state index contributed by atoms with van der Waals surface area (Å²) < 4.78 is 33.1. The van der Waals surface area contributed by atoms with Crippen molar-refractivity contribution in [1.82, 2.24) is 15.0 Å². The van der Waals surface area contributed by atoms with Gasteiger partial charge < -0.3 is 15.2 Å². The molecule has 10 nitrogen and oxygen atoms in total. The molecule has 1 aromatic heterocycles. The largest absolute Gasteiger partial charge is 0.497 e. The lowest BCUT2D eigenvalue weighted by Gasteiger charge is -2.12. The average Bonchev–Trinajstić information content (AvgIpc) is 2.97. The molecule has 0 spiro atoms. The molecule has 2 aromatic carbocycles. The van der Waals surface area contributed by atoms with Crippen molar-refractivity contribution < 1.29 is 32.6 Å². The first-order chi connectivity index (χ1) is 20.1. The molecule has 0 saturated heterocycles. The molecule has 0 unspecified atom stereocenters. The van der Waals surface area contributed by atoms with Crippen molar-refractivity contribution in [3.05, 3.63) is 87.7 Å². The van der Waals surface area contributed by atoms with Crippen LogP contribution in [0.2, 0.25) is 5.02 Å². The number of carboxylic acids is 1. The zero-order chi connectivity index (χ0) is 30.7. The van der Waals surface area contributed by atoms with Crippen LogP contribution in [0.15, 0.2) is 59.6 Å². The lowest BCUT2D eigenvalue weighted by molar-refractivity contribution is 0.0689. The van der Waals surface area contributed by atoms with Crippen LogP contribution < -0.4 is 14.8 Å². The average molecular weight is 616 g/mol. The Morgan fingerprint density at radius 1 is 0.929 bits per heavy atom. The highest BCUT2D eigenvalue weighted by Crippen LogP contribution is 2.22. The number of nitrogens with zero attached hydrogens (tertiary/aromatic N) is 1. The molecule has 0 radical (unpaired) electrons. The number of hydrogen-bond acceptors (Lipinski definition) is 7. The lowest BCUT2D eigenvalue weighted by Crippen LogP contribution is -2.31. The van der Waals surface area contributed by atoms with E-state index >= 15 is 0 Å². The van der Waals surface area contributed by atoms with Crippen LogP contribution in [0.4, 0.5) is 0 Å². The van der Waals surface area contributed by atoms with E-state index in [-0.39, 0.29) is 39.2 Å². The molecule has 224 valence electrons. The number of nitrogens with one attached hydrogen (secondary N) is 2. The van der Waals surface area contributed by atoms with Crippen LogP contribution in [-0.2, 0) is 22.9 Å². The minimum atomic E-state index is -4.22. The maximum atomic E-state index is 13.0. The number of halogens is 1. The van der Waals surface area contributed by atoms with Crippen LogP contribution >= 0.6 is 11.6 Å². The number of rotatable bonds is 15. The summed E-state index contributed by atoms with van der Waals surface area (Å²) in [6.45, 7) is 2.37. The Hall–Kier alpha value is -3.96. The topological polar surface area (TPSA) is 152 Å². The molecule has 1 heterocycles. The third-order valence-electron chi connectivity index (χ3n) is 6.58. The number of aromatic carboxylic acids is 1. The summed E-state index contributed by atoms with van der Waals surface area (Å²) in [5.74, 6) is -1.98. The number of carbonyl (C=O) groups is 3. The molecule has 2 amide bonds. The summed E-state index contributed by atoms with van der Waals surface area (Å²) in [5, 5.41) is 12.4. The second-order valence-corrected chi connectivity index (χ2v) is 11.7. The first-order valence-corrected chi connectivity index (χ1v) is 15.4. The van der Waals surface area contributed by atoms with Crippen molar-refractivity contribution in [3.8, 4) is 5.75 Å². The molecule has 3 N–H and O–H groups in total. The number of carbonyl (C=O) groups excluding carboxylic acids is 2. The van der Waals surface area contributed by atoms with Crippen LogP contribution in [0, 0.1) is 0 Å². The number of carboxylic acid groups (broad SMARTS) is 1. The summed E-state index contributed by atoms with van der Waals surface area (Å²) in [5.41, 5.74) is 1.27. The summed E-state index contributed by atoms with van der Waals surface area (Å²) in [6.07, 6.45) is 6.74. The number of aryl methyl sites for hydroxylation is 1. The van der Waals surface area contributed by atoms with Gasteiger partial charge in [-0.2, -0.15) is 0 Å². The highest BCUT2D eigenvalue weighted by molar-refractivity contribution is 7.90. The monoisotopic (exact) mass is 615 g/mol. The predicted octanol–water partition coefficient (Wildman–Crippen LogP) is 5.05. The Bertz CT molecular complexity index is 1530. The van der Waals surface area contributed by atoms with Crippen molar-refractivity contribution in [2.45, 2.75) is 56.8 Å². The molecule has 0 aliphatic rings. The third-order valence-corrected chi connectivity index (χ3v) is 8.26. The summed E-state index contributed by atoms with van der Waals surface area (Å²) in [7, 11) is -2.73. The van der Waals surface area contributed by atoms with E-state index in [1.54, 1.807) is 30.3 Å². The summed E-state index contributed by atoms with van der Waals surface area (Å²) in [4.78, 5) is 40.6. The first-order valence-electron chi connectivity index (χ1n) is 13.6. The van der Waals surface area contributed by atoms with E-state index in [0.29, 0.717) is 24.2 Å². The number of ether oxygens (including phenoxy) is 1. The van der Waals surface area contributed by atoms with Crippen LogP contribution in [0.5, 0.6) is 5.75 Å². The highest BCUT2D eigenvalue weighted by atomic mass is 35.5. The van der Waals surface area contributed by atoms with Gasteiger partial charge in [0.2, 0.25) is 0 Å². The van der Waals surface area contributed by atoms with Crippen LogP contribution in [-0.4, -0.2) is 49.9 Å². The van der Waals surface area contributed by atoms with Gasteiger partial charge in [0, 0.05) is 12.7 Å². The van der Waals surface area contributed by atoms with Crippen LogP contribution in [0.3, 0.4) is 0 Å². The van der Waals surface area contributed by atoms with Crippen LogP contribution in [0.25, 0.3) is 0 Å². The van der Waals surface area contributed by atoms with E-state index in [9.17, 15) is 27.9 Å². The minimum Gasteiger partial charge on any atom is -0.497 e. The Morgan fingerprint density at radius 3 is 2.31 bits per heavy atom. The number of methoxy groups -OCH3 is 1. The fraction of sp³-hybridized carbons (Fsp3) is 0.333. The summed E-state index contributed by atoms with van der Waals surface area (Å²) in [6, 6.07) is 12.0. The molecule has 3 rings (SSSR count). The van der Waals surface area contributed by atoms with Gasteiger partial charge in [-0.15, -0.1) is 0 Å². The molecule has 42 heavy (non-hydrogen) atoms. The molecule has 0 aliphatic heterocycles. The Labute approximate surface area is 250 Å². The molecule has 0 saturated carbocycles. The molecule has 0 atom stereocenters. The van der Waals surface area contributed by atoms with Crippen LogP contribution in [0.1, 0.15) is 81.4 Å². The number of hydrogen-bond donors (Lipinski definition) is 3.